The lowest BCUT2D eigenvalue weighted by Gasteiger charge is -2.41. The Bertz CT molecular complexity index is 602. The molecule has 0 amide bonds. The highest BCUT2D eigenvalue weighted by atomic mass is 127. The summed E-state index contributed by atoms with van der Waals surface area (Å²) < 4.78 is 44.1. The third-order valence-electron chi connectivity index (χ3n) is 5.64. The third-order valence-corrected chi connectivity index (χ3v) is 6.08. The van der Waals surface area contributed by atoms with Gasteiger partial charge in [-0.3, -0.25) is 4.90 Å². The molecule has 27 heavy (non-hydrogen) atoms. The summed E-state index contributed by atoms with van der Waals surface area (Å²) in [6.45, 7) is 4.45. The van der Waals surface area contributed by atoms with E-state index in [0.29, 0.717) is 17.8 Å². The topological polar surface area (TPSA) is 28.6 Å². The molecule has 0 N–H and O–H groups in total. The molecule has 1 aromatic rings. The van der Waals surface area contributed by atoms with E-state index in [0.717, 1.165) is 58.1 Å². The Morgan fingerprint density at radius 1 is 1.15 bits per heavy atom. The number of rotatable bonds is 6. The Kier molecular flexibility index (Phi) is 7.61. The predicted molar refractivity (Wildman–Crippen MR) is 108 cm³/mol. The number of likely N-dealkylation sites (tertiary alicyclic amines) is 1. The number of alkyl halides is 3. The van der Waals surface area contributed by atoms with E-state index in [9.17, 15) is 13.2 Å². The zero-order chi connectivity index (χ0) is 19.3. The number of aromatic nitrogens is 1. The highest BCUT2D eigenvalue weighted by Gasteiger charge is 2.33. The van der Waals surface area contributed by atoms with Crippen molar-refractivity contribution in [2.45, 2.75) is 50.7 Å². The Labute approximate surface area is 173 Å². The van der Waals surface area contributed by atoms with Crippen LogP contribution in [0.15, 0.2) is 18.2 Å². The van der Waals surface area contributed by atoms with Crippen molar-refractivity contribution >= 4 is 28.8 Å². The highest BCUT2D eigenvalue weighted by molar-refractivity contribution is 14.1. The van der Waals surface area contributed by atoms with Gasteiger partial charge in [0.2, 0.25) is 0 Å². The zero-order valence-corrected chi connectivity index (χ0v) is 17.6. The summed E-state index contributed by atoms with van der Waals surface area (Å²) in [6, 6.07) is 4.76. The molecule has 2 fully saturated rings. The van der Waals surface area contributed by atoms with Crippen molar-refractivity contribution in [3.63, 3.8) is 0 Å². The van der Waals surface area contributed by atoms with Gasteiger partial charge in [-0.15, -0.1) is 0 Å². The molecule has 8 heteroatoms. The Morgan fingerprint density at radius 3 is 2.78 bits per heavy atom. The van der Waals surface area contributed by atoms with E-state index in [1.165, 1.54) is 25.3 Å². The molecule has 3 heterocycles. The normalized spacial score (nSPS) is 25.0. The van der Waals surface area contributed by atoms with Crippen molar-refractivity contribution in [2.75, 3.05) is 37.7 Å². The number of nitrogens with zero attached hydrogens (tertiary/aromatic N) is 3. The van der Waals surface area contributed by atoms with Crippen LogP contribution in [-0.2, 0) is 9.24 Å². The van der Waals surface area contributed by atoms with Gasteiger partial charge in [-0.25, -0.2) is 4.98 Å². The van der Waals surface area contributed by atoms with Crippen LogP contribution in [0.4, 0.5) is 19.0 Å². The number of piperidine rings is 2. The molecule has 0 spiro atoms. The van der Waals surface area contributed by atoms with Gasteiger partial charge >= 0.3 is 6.18 Å². The fourth-order valence-corrected chi connectivity index (χ4v) is 4.57. The van der Waals surface area contributed by atoms with Crippen molar-refractivity contribution in [3.05, 3.63) is 23.9 Å². The highest BCUT2D eigenvalue weighted by Crippen LogP contribution is 2.31. The van der Waals surface area contributed by atoms with Crippen LogP contribution in [-0.4, -0.2) is 48.7 Å². The lowest BCUT2D eigenvalue weighted by Crippen LogP contribution is -2.46. The van der Waals surface area contributed by atoms with Crippen LogP contribution >= 0.6 is 23.0 Å². The van der Waals surface area contributed by atoms with Crippen molar-refractivity contribution in [2.24, 2.45) is 5.92 Å². The van der Waals surface area contributed by atoms with Crippen LogP contribution in [0.25, 0.3) is 0 Å². The molecule has 2 atom stereocenters. The first-order chi connectivity index (χ1) is 13.0. The molecule has 0 radical (unpaired) electrons. The van der Waals surface area contributed by atoms with Gasteiger partial charge in [0.15, 0.2) is 0 Å². The monoisotopic (exact) mass is 497 g/mol. The van der Waals surface area contributed by atoms with Gasteiger partial charge in [0, 0.05) is 25.7 Å². The maximum Gasteiger partial charge on any atom is 0.433 e. The molecular formula is C19H27F3IN3O. The average molecular weight is 497 g/mol. The molecule has 3 rings (SSSR count). The third kappa shape index (κ3) is 5.93. The second kappa shape index (κ2) is 9.73. The molecule has 0 unspecified atom stereocenters. The lowest BCUT2D eigenvalue weighted by atomic mass is 9.93. The van der Waals surface area contributed by atoms with E-state index >= 15 is 0 Å². The van der Waals surface area contributed by atoms with Gasteiger partial charge in [-0.1, -0.05) is 12.5 Å². The van der Waals surface area contributed by atoms with E-state index in [4.69, 9.17) is 3.07 Å². The smallest absolute Gasteiger partial charge is 0.356 e. The Balaban J connectivity index is 1.62. The molecule has 152 valence electrons. The summed E-state index contributed by atoms with van der Waals surface area (Å²) in [5.41, 5.74) is -0.808. The molecule has 2 aliphatic rings. The molecule has 1 aromatic heterocycles. The van der Waals surface area contributed by atoms with E-state index in [1.807, 2.05) is 27.9 Å². The largest absolute Gasteiger partial charge is 0.433 e. The number of pyridine rings is 1. The van der Waals surface area contributed by atoms with Crippen LogP contribution < -0.4 is 4.90 Å². The van der Waals surface area contributed by atoms with Crippen molar-refractivity contribution in [3.8, 4) is 0 Å². The summed E-state index contributed by atoms with van der Waals surface area (Å²) in [7, 11) is 0. The Hall–Kier alpha value is -0.610. The van der Waals surface area contributed by atoms with Gasteiger partial charge in [0.1, 0.15) is 34.5 Å². The van der Waals surface area contributed by atoms with Gasteiger partial charge in [-0.2, -0.15) is 13.2 Å². The van der Waals surface area contributed by atoms with Crippen LogP contribution in [0.3, 0.4) is 0 Å². The van der Waals surface area contributed by atoms with E-state index < -0.39 is 11.9 Å². The molecule has 2 saturated heterocycles. The number of hydrogen-bond acceptors (Lipinski definition) is 4. The minimum absolute atomic E-state index is 0.447. The molecule has 4 nitrogen and oxygen atoms in total. The molecular weight excluding hydrogens is 470 g/mol. The number of halogens is 4. The first kappa shape index (κ1) is 21.1. The van der Waals surface area contributed by atoms with Gasteiger partial charge in [0.05, 0.1) is 6.61 Å². The fraction of sp³-hybridized carbons (Fsp3) is 0.737. The maximum absolute atomic E-state index is 13.0. The minimum Gasteiger partial charge on any atom is -0.356 e. The minimum atomic E-state index is -4.40. The van der Waals surface area contributed by atoms with Gasteiger partial charge < -0.3 is 7.97 Å². The predicted octanol–water partition coefficient (Wildman–Crippen LogP) is 4.93. The zero-order valence-electron chi connectivity index (χ0n) is 15.4. The van der Waals surface area contributed by atoms with Crippen molar-refractivity contribution in [1.29, 1.82) is 0 Å². The molecule has 2 aliphatic heterocycles. The summed E-state index contributed by atoms with van der Waals surface area (Å²) in [6.07, 6.45) is 2.49. The van der Waals surface area contributed by atoms with E-state index in [-0.39, 0.29) is 0 Å². The summed E-state index contributed by atoms with van der Waals surface area (Å²) >= 11 is 1.95. The quantitative estimate of drug-likeness (QED) is 0.522. The number of anilines is 1. The summed E-state index contributed by atoms with van der Waals surface area (Å²) in [5, 5.41) is 0. The molecule has 0 aromatic carbocycles. The molecule has 0 saturated carbocycles. The van der Waals surface area contributed by atoms with Gasteiger partial charge in [-0.05, 0) is 56.7 Å². The first-order valence-corrected chi connectivity index (χ1v) is 10.6. The second-order valence-electron chi connectivity index (χ2n) is 7.58. The first-order valence-electron chi connectivity index (χ1n) is 9.74. The van der Waals surface area contributed by atoms with Crippen LogP contribution in [0.1, 0.15) is 44.2 Å². The summed E-state index contributed by atoms with van der Waals surface area (Å²) in [4.78, 5) is 8.47. The lowest BCUT2D eigenvalue weighted by molar-refractivity contribution is -0.141. The second-order valence-corrected chi connectivity index (χ2v) is 8.20. The van der Waals surface area contributed by atoms with Crippen LogP contribution in [0, 0.1) is 5.92 Å². The average Bonchev–Trinajstić information content (AvgIpc) is 2.67. The van der Waals surface area contributed by atoms with Crippen LogP contribution in [0.5, 0.6) is 0 Å². The van der Waals surface area contributed by atoms with E-state index in [2.05, 4.69) is 9.88 Å². The molecule has 0 aliphatic carbocycles. The SMILES string of the molecule is FC(F)(F)c1cccc(N2CCC[C@H](CN3CCCC[C@H]3CCOI)C2)n1. The van der Waals surface area contributed by atoms with Crippen molar-refractivity contribution in [1.82, 2.24) is 9.88 Å². The number of hydrogen-bond donors (Lipinski definition) is 0. The van der Waals surface area contributed by atoms with Crippen molar-refractivity contribution < 1.29 is 16.2 Å². The maximum atomic E-state index is 13.0. The fourth-order valence-electron chi connectivity index (χ4n) is 4.32. The molecule has 0 bridgehead atoms. The Morgan fingerprint density at radius 2 is 2.00 bits per heavy atom. The standard InChI is InChI=1S/C19H27F3IN3O/c20-19(21,22)17-7-3-8-18(24-17)26-11-4-5-15(14-26)13-25-10-2-1-6-16(25)9-12-27-23/h3,7-8,15-16H,1-2,4-6,9-14H2/t15-,16+/m1/s1. The van der Waals surface area contributed by atoms with E-state index in [1.54, 1.807) is 6.07 Å². The summed E-state index contributed by atoms with van der Waals surface area (Å²) in [5.74, 6) is 0.916. The van der Waals surface area contributed by atoms with Gasteiger partial charge in [0.25, 0.3) is 0 Å². The van der Waals surface area contributed by atoms with Crippen LogP contribution in [0.2, 0.25) is 0 Å².